The number of hydrogen-bond acceptors (Lipinski definition) is 3. The zero-order chi connectivity index (χ0) is 15.5. The third-order valence-corrected chi connectivity index (χ3v) is 3.77. The minimum absolute atomic E-state index is 0.230. The van der Waals surface area contributed by atoms with Crippen LogP contribution in [0.25, 0.3) is 6.08 Å². The first-order chi connectivity index (χ1) is 10.7. The first-order valence-electron chi connectivity index (χ1n) is 7.40. The molecule has 0 spiro atoms. The van der Waals surface area contributed by atoms with Crippen molar-refractivity contribution in [2.24, 2.45) is 0 Å². The lowest BCUT2D eigenvalue weighted by molar-refractivity contribution is 0.0734. The molecule has 2 aromatic rings. The summed E-state index contributed by atoms with van der Waals surface area (Å²) in [6.45, 7) is 5.75. The van der Waals surface area contributed by atoms with E-state index in [1.165, 1.54) is 0 Å². The summed E-state index contributed by atoms with van der Waals surface area (Å²) in [5.74, 6) is 1.04. The molecular formula is C19H18O3. The summed E-state index contributed by atoms with van der Waals surface area (Å²) in [7, 11) is 0. The van der Waals surface area contributed by atoms with E-state index in [0.717, 1.165) is 29.7 Å². The Bertz CT molecular complexity index is 701. The molecule has 1 unspecified atom stereocenters. The lowest BCUT2D eigenvalue weighted by Gasteiger charge is -2.23. The van der Waals surface area contributed by atoms with Crippen LogP contribution in [0.5, 0.6) is 11.5 Å². The van der Waals surface area contributed by atoms with Crippen LogP contribution in [0.4, 0.5) is 0 Å². The Kier molecular flexibility index (Phi) is 3.96. The number of carbonyl (C=O) groups excluding carboxylic acids is 1. The second kappa shape index (κ2) is 6.06. The maximum atomic E-state index is 12.2. The van der Waals surface area contributed by atoms with Crippen LogP contribution in [-0.4, -0.2) is 12.1 Å². The molecule has 1 aliphatic heterocycles. The number of benzene rings is 2. The van der Waals surface area contributed by atoms with Gasteiger partial charge in [0.15, 0.2) is 0 Å². The van der Waals surface area contributed by atoms with Crippen LogP contribution in [-0.2, 0) is 6.42 Å². The summed E-state index contributed by atoms with van der Waals surface area (Å²) in [4.78, 5) is 12.2. The molecule has 112 valence electrons. The third-order valence-electron chi connectivity index (χ3n) is 3.77. The monoisotopic (exact) mass is 294 g/mol. The highest BCUT2D eigenvalue weighted by Gasteiger charge is 2.18. The van der Waals surface area contributed by atoms with Crippen LogP contribution in [0.3, 0.4) is 0 Å². The maximum absolute atomic E-state index is 12.2. The fourth-order valence-corrected chi connectivity index (χ4v) is 2.49. The van der Waals surface area contributed by atoms with Crippen LogP contribution < -0.4 is 9.47 Å². The molecule has 0 amide bonds. The topological polar surface area (TPSA) is 35.5 Å². The van der Waals surface area contributed by atoms with E-state index in [-0.39, 0.29) is 12.1 Å². The fourth-order valence-electron chi connectivity index (χ4n) is 2.49. The number of fused-ring (bicyclic) bond motifs is 1. The predicted octanol–water partition coefficient (Wildman–Crippen LogP) is 4.26. The Morgan fingerprint density at radius 2 is 2.05 bits per heavy atom. The number of carbonyl (C=O) groups is 1. The van der Waals surface area contributed by atoms with Gasteiger partial charge in [-0.25, -0.2) is 4.79 Å². The number of aryl methyl sites for hydroxylation is 1. The maximum Gasteiger partial charge on any atom is 0.343 e. The van der Waals surface area contributed by atoms with Crippen molar-refractivity contribution in [2.75, 3.05) is 0 Å². The molecule has 3 rings (SSSR count). The van der Waals surface area contributed by atoms with Crippen molar-refractivity contribution >= 4 is 12.0 Å². The Balaban J connectivity index is 1.75. The van der Waals surface area contributed by atoms with Crippen LogP contribution >= 0.6 is 0 Å². The molecule has 2 aromatic carbocycles. The molecule has 3 heteroatoms. The molecule has 1 heterocycles. The van der Waals surface area contributed by atoms with Crippen molar-refractivity contribution in [2.45, 2.75) is 25.9 Å². The van der Waals surface area contributed by atoms with E-state index in [1.54, 1.807) is 24.3 Å². The van der Waals surface area contributed by atoms with Crippen molar-refractivity contribution in [3.8, 4) is 11.5 Å². The van der Waals surface area contributed by atoms with Crippen molar-refractivity contribution < 1.29 is 14.3 Å². The molecule has 1 aliphatic rings. The molecule has 0 bridgehead atoms. The van der Waals surface area contributed by atoms with E-state index < -0.39 is 0 Å². The first kappa shape index (κ1) is 14.4. The summed E-state index contributed by atoms with van der Waals surface area (Å²) < 4.78 is 11.1. The smallest absolute Gasteiger partial charge is 0.343 e. The van der Waals surface area contributed by atoms with Gasteiger partial charge in [0.2, 0.25) is 0 Å². The van der Waals surface area contributed by atoms with Crippen molar-refractivity contribution in [3.63, 3.8) is 0 Å². The quantitative estimate of drug-likeness (QED) is 0.626. The lowest BCUT2D eigenvalue weighted by Crippen LogP contribution is -2.19. The van der Waals surface area contributed by atoms with Gasteiger partial charge in [0.1, 0.15) is 11.5 Å². The number of rotatable bonds is 3. The van der Waals surface area contributed by atoms with Crippen LogP contribution in [0.1, 0.15) is 34.8 Å². The molecule has 1 atom stereocenters. The Morgan fingerprint density at radius 3 is 2.77 bits per heavy atom. The van der Waals surface area contributed by atoms with E-state index in [9.17, 15) is 4.79 Å². The highest BCUT2D eigenvalue weighted by atomic mass is 16.5. The fraction of sp³-hybridized carbons (Fsp3) is 0.211. The molecule has 0 saturated carbocycles. The van der Waals surface area contributed by atoms with Gasteiger partial charge >= 0.3 is 5.97 Å². The van der Waals surface area contributed by atoms with Gasteiger partial charge in [0.25, 0.3) is 0 Å². The zero-order valence-corrected chi connectivity index (χ0v) is 12.5. The van der Waals surface area contributed by atoms with E-state index in [1.807, 2.05) is 24.3 Å². The summed E-state index contributed by atoms with van der Waals surface area (Å²) in [5, 5.41) is 0. The Hall–Kier alpha value is -2.55. The molecule has 0 radical (unpaired) electrons. The number of esters is 1. The van der Waals surface area contributed by atoms with Crippen LogP contribution in [0.2, 0.25) is 0 Å². The standard InChI is InChI=1S/C19H18O3/c1-3-14-5-9-17(10-6-14)22-19(20)16-8-11-18-15(12-16)7-4-13(2)21-18/h3,5-6,8-13H,1,4,7H2,2H3. The largest absolute Gasteiger partial charge is 0.490 e. The molecule has 0 saturated heterocycles. The Labute approximate surface area is 130 Å². The summed E-state index contributed by atoms with van der Waals surface area (Å²) in [5.41, 5.74) is 2.60. The van der Waals surface area contributed by atoms with Gasteiger partial charge in [-0.2, -0.15) is 0 Å². The number of ether oxygens (including phenoxy) is 2. The second-order valence-electron chi connectivity index (χ2n) is 5.45. The average molecular weight is 294 g/mol. The molecule has 0 aliphatic carbocycles. The van der Waals surface area contributed by atoms with Gasteiger partial charge in [-0.3, -0.25) is 0 Å². The van der Waals surface area contributed by atoms with E-state index in [0.29, 0.717) is 11.3 Å². The van der Waals surface area contributed by atoms with E-state index >= 15 is 0 Å². The SMILES string of the molecule is C=Cc1ccc(OC(=O)c2ccc3c(c2)CCC(C)O3)cc1. The molecule has 0 aromatic heterocycles. The van der Waals surface area contributed by atoms with Gasteiger partial charge in [-0.1, -0.05) is 24.8 Å². The molecule has 0 N–H and O–H groups in total. The van der Waals surface area contributed by atoms with Crippen LogP contribution in [0, 0.1) is 0 Å². The first-order valence-corrected chi connectivity index (χ1v) is 7.40. The van der Waals surface area contributed by atoms with E-state index in [2.05, 4.69) is 13.5 Å². The molecule has 0 fully saturated rings. The van der Waals surface area contributed by atoms with Gasteiger partial charge in [-0.15, -0.1) is 0 Å². The second-order valence-corrected chi connectivity index (χ2v) is 5.45. The highest BCUT2D eigenvalue weighted by Crippen LogP contribution is 2.28. The molecular weight excluding hydrogens is 276 g/mol. The van der Waals surface area contributed by atoms with Gasteiger partial charge in [-0.05, 0) is 61.2 Å². The van der Waals surface area contributed by atoms with Crippen molar-refractivity contribution in [1.82, 2.24) is 0 Å². The van der Waals surface area contributed by atoms with Gasteiger partial charge in [0, 0.05) is 0 Å². The lowest BCUT2D eigenvalue weighted by atomic mass is 10.0. The third kappa shape index (κ3) is 3.03. The van der Waals surface area contributed by atoms with Crippen LogP contribution in [0.15, 0.2) is 49.0 Å². The van der Waals surface area contributed by atoms with Crippen molar-refractivity contribution in [3.05, 3.63) is 65.7 Å². The minimum Gasteiger partial charge on any atom is -0.490 e. The predicted molar refractivity (Wildman–Crippen MR) is 86.3 cm³/mol. The average Bonchev–Trinajstić information content (AvgIpc) is 2.55. The normalized spacial score (nSPS) is 16.3. The molecule has 3 nitrogen and oxygen atoms in total. The van der Waals surface area contributed by atoms with E-state index in [4.69, 9.17) is 9.47 Å². The summed E-state index contributed by atoms with van der Waals surface area (Å²) >= 11 is 0. The minimum atomic E-state index is -0.354. The zero-order valence-electron chi connectivity index (χ0n) is 12.5. The van der Waals surface area contributed by atoms with Gasteiger partial charge in [0.05, 0.1) is 11.7 Å². The van der Waals surface area contributed by atoms with Gasteiger partial charge < -0.3 is 9.47 Å². The summed E-state index contributed by atoms with van der Waals surface area (Å²) in [6.07, 6.45) is 3.87. The summed E-state index contributed by atoms with van der Waals surface area (Å²) in [6, 6.07) is 12.7. The highest BCUT2D eigenvalue weighted by molar-refractivity contribution is 5.91. The molecule has 22 heavy (non-hydrogen) atoms. The number of hydrogen-bond donors (Lipinski definition) is 0. The van der Waals surface area contributed by atoms with Crippen molar-refractivity contribution in [1.29, 1.82) is 0 Å². The Morgan fingerprint density at radius 1 is 1.27 bits per heavy atom.